The number of likely N-dealkylation sites (tertiary alicyclic amines) is 1. The third-order valence-corrected chi connectivity index (χ3v) is 8.26. The molecule has 0 bridgehead atoms. The lowest BCUT2D eigenvalue weighted by Gasteiger charge is -2.26. The molecule has 2 aliphatic heterocycles. The first kappa shape index (κ1) is 21.3. The van der Waals surface area contributed by atoms with Gasteiger partial charge >= 0.3 is 0 Å². The zero-order chi connectivity index (χ0) is 21.1. The molecule has 0 spiro atoms. The monoisotopic (exact) mass is 451 g/mol. The van der Waals surface area contributed by atoms with Crippen LogP contribution in [0, 0.1) is 0 Å². The molecular weight excluding hydrogens is 426 g/mol. The summed E-state index contributed by atoms with van der Waals surface area (Å²) in [5.74, 6) is 1.09. The van der Waals surface area contributed by atoms with Crippen molar-refractivity contribution in [2.45, 2.75) is 22.9 Å². The quantitative estimate of drug-likeness (QED) is 0.609. The lowest BCUT2D eigenvalue weighted by molar-refractivity contribution is -0.127. The summed E-state index contributed by atoms with van der Waals surface area (Å²) >= 11 is 1.37. The van der Waals surface area contributed by atoms with E-state index in [0.717, 1.165) is 31.5 Å². The van der Waals surface area contributed by atoms with Crippen LogP contribution in [-0.2, 0) is 26.6 Å². The molecular formula is C19H25N5O4S2. The molecule has 1 aromatic carbocycles. The van der Waals surface area contributed by atoms with Gasteiger partial charge in [-0.25, -0.2) is 8.42 Å². The van der Waals surface area contributed by atoms with E-state index in [1.807, 2.05) is 16.5 Å². The summed E-state index contributed by atoms with van der Waals surface area (Å²) < 4.78 is 34.0. The van der Waals surface area contributed by atoms with E-state index in [9.17, 15) is 13.2 Å². The highest BCUT2D eigenvalue weighted by atomic mass is 32.2. The Hall–Kier alpha value is -1.95. The molecule has 0 atom stereocenters. The number of morpholine rings is 1. The highest BCUT2D eigenvalue weighted by Crippen LogP contribution is 2.25. The number of benzene rings is 1. The lowest BCUT2D eigenvalue weighted by atomic mass is 10.2. The van der Waals surface area contributed by atoms with Crippen LogP contribution in [0.25, 0.3) is 11.4 Å². The highest BCUT2D eigenvalue weighted by molar-refractivity contribution is 7.99. The van der Waals surface area contributed by atoms with Crippen LogP contribution in [0.5, 0.6) is 0 Å². The van der Waals surface area contributed by atoms with Crippen LogP contribution in [0.4, 0.5) is 0 Å². The van der Waals surface area contributed by atoms with E-state index in [0.29, 0.717) is 43.0 Å². The van der Waals surface area contributed by atoms with Crippen molar-refractivity contribution in [3.63, 3.8) is 0 Å². The predicted molar refractivity (Wildman–Crippen MR) is 113 cm³/mol. The van der Waals surface area contributed by atoms with Gasteiger partial charge < -0.3 is 14.2 Å². The molecule has 162 valence electrons. The van der Waals surface area contributed by atoms with E-state index in [-0.39, 0.29) is 10.8 Å². The second-order valence-corrected chi connectivity index (χ2v) is 10.2. The van der Waals surface area contributed by atoms with Crippen molar-refractivity contribution in [1.82, 2.24) is 24.0 Å². The van der Waals surface area contributed by atoms with Gasteiger partial charge in [-0.1, -0.05) is 11.8 Å². The summed E-state index contributed by atoms with van der Waals surface area (Å²) in [6, 6.07) is 6.67. The summed E-state index contributed by atoms with van der Waals surface area (Å²) in [4.78, 5) is 14.4. The number of rotatable bonds is 6. The molecule has 11 heteroatoms. The first-order chi connectivity index (χ1) is 14.5. The predicted octanol–water partition coefficient (Wildman–Crippen LogP) is 1.22. The minimum absolute atomic E-state index is 0.125. The molecule has 0 N–H and O–H groups in total. The first-order valence-corrected chi connectivity index (χ1v) is 12.4. The Morgan fingerprint density at radius 2 is 1.73 bits per heavy atom. The molecule has 9 nitrogen and oxygen atoms in total. The van der Waals surface area contributed by atoms with Crippen LogP contribution in [0.15, 0.2) is 34.3 Å². The fourth-order valence-electron chi connectivity index (χ4n) is 3.59. The third kappa shape index (κ3) is 4.39. The molecule has 0 unspecified atom stereocenters. The zero-order valence-corrected chi connectivity index (χ0v) is 18.5. The first-order valence-electron chi connectivity index (χ1n) is 9.95. The number of thioether (sulfide) groups is 1. The van der Waals surface area contributed by atoms with Crippen molar-refractivity contribution in [3.05, 3.63) is 24.3 Å². The molecule has 30 heavy (non-hydrogen) atoms. The van der Waals surface area contributed by atoms with Crippen molar-refractivity contribution in [2.75, 3.05) is 45.1 Å². The summed E-state index contributed by atoms with van der Waals surface area (Å²) in [6.07, 6.45) is 2.14. The van der Waals surface area contributed by atoms with Crippen molar-refractivity contribution in [2.24, 2.45) is 7.05 Å². The van der Waals surface area contributed by atoms with E-state index in [2.05, 4.69) is 10.2 Å². The Labute approximate surface area is 180 Å². The maximum atomic E-state index is 12.8. The van der Waals surface area contributed by atoms with E-state index < -0.39 is 10.0 Å². The Morgan fingerprint density at radius 3 is 2.40 bits per heavy atom. The van der Waals surface area contributed by atoms with Crippen molar-refractivity contribution in [3.8, 4) is 11.4 Å². The van der Waals surface area contributed by atoms with Crippen LogP contribution < -0.4 is 0 Å². The topological polar surface area (TPSA) is 97.6 Å². The molecule has 4 rings (SSSR count). The molecule has 0 radical (unpaired) electrons. The average Bonchev–Trinajstić information content (AvgIpc) is 3.43. The minimum Gasteiger partial charge on any atom is -0.379 e. The number of amides is 1. The van der Waals surface area contributed by atoms with Gasteiger partial charge in [0.2, 0.25) is 15.9 Å². The number of ether oxygens (including phenoxy) is 1. The van der Waals surface area contributed by atoms with Crippen LogP contribution >= 0.6 is 11.8 Å². The number of hydrogen-bond acceptors (Lipinski definition) is 7. The number of sulfonamides is 1. The van der Waals surface area contributed by atoms with Gasteiger partial charge in [0.1, 0.15) is 0 Å². The number of carbonyl (C=O) groups is 1. The molecule has 2 aliphatic rings. The molecule has 2 aromatic rings. The van der Waals surface area contributed by atoms with Gasteiger partial charge in [-0.05, 0) is 37.1 Å². The highest BCUT2D eigenvalue weighted by Gasteiger charge is 2.26. The summed E-state index contributed by atoms with van der Waals surface area (Å²) in [6.45, 7) is 3.23. The minimum atomic E-state index is -3.53. The van der Waals surface area contributed by atoms with E-state index in [1.165, 1.54) is 16.1 Å². The summed E-state index contributed by atoms with van der Waals surface area (Å²) in [7, 11) is -1.68. The molecule has 0 aliphatic carbocycles. The van der Waals surface area contributed by atoms with Crippen LogP contribution in [0.2, 0.25) is 0 Å². The van der Waals surface area contributed by atoms with Crippen molar-refractivity contribution >= 4 is 27.7 Å². The molecule has 2 saturated heterocycles. The Morgan fingerprint density at radius 1 is 1.07 bits per heavy atom. The van der Waals surface area contributed by atoms with E-state index in [4.69, 9.17) is 4.74 Å². The SMILES string of the molecule is Cn1c(SCC(=O)N2CCCC2)nnc1-c1ccc(S(=O)(=O)N2CCOCC2)cc1. The second kappa shape index (κ2) is 9.04. The van der Waals surface area contributed by atoms with Gasteiger partial charge in [-0.3, -0.25) is 4.79 Å². The van der Waals surface area contributed by atoms with E-state index in [1.54, 1.807) is 24.3 Å². The zero-order valence-electron chi connectivity index (χ0n) is 16.9. The molecule has 1 amide bonds. The van der Waals surface area contributed by atoms with Gasteiger partial charge in [0.15, 0.2) is 11.0 Å². The Bertz CT molecular complexity index is 994. The Balaban J connectivity index is 1.45. The van der Waals surface area contributed by atoms with Gasteiger partial charge in [0.25, 0.3) is 0 Å². The lowest BCUT2D eigenvalue weighted by Crippen LogP contribution is -2.40. The largest absolute Gasteiger partial charge is 0.379 e. The number of hydrogen-bond donors (Lipinski definition) is 0. The summed E-state index contributed by atoms with van der Waals surface area (Å²) in [5.41, 5.74) is 0.767. The Kier molecular flexibility index (Phi) is 6.42. The summed E-state index contributed by atoms with van der Waals surface area (Å²) in [5, 5.41) is 9.09. The third-order valence-electron chi connectivity index (χ3n) is 5.34. The standard InChI is InChI=1S/C19H25N5O4S2/c1-22-18(20-21-19(22)29-14-17(25)23-8-2-3-9-23)15-4-6-16(7-5-15)30(26,27)24-10-12-28-13-11-24/h4-7H,2-3,8-14H2,1H3. The van der Waals surface area contributed by atoms with Crippen molar-refractivity contribution < 1.29 is 17.9 Å². The maximum absolute atomic E-state index is 12.8. The van der Waals surface area contributed by atoms with Crippen LogP contribution in [-0.4, -0.2) is 83.4 Å². The van der Waals surface area contributed by atoms with Crippen LogP contribution in [0.3, 0.4) is 0 Å². The van der Waals surface area contributed by atoms with Gasteiger partial charge in [-0.15, -0.1) is 10.2 Å². The normalized spacial score (nSPS) is 18.1. The second-order valence-electron chi connectivity index (χ2n) is 7.28. The number of aromatic nitrogens is 3. The van der Waals surface area contributed by atoms with Gasteiger partial charge in [0.05, 0.1) is 23.9 Å². The van der Waals surface area contributed by atoms with Gasteiger partial charge in [0, 0.05) is 38.8 Å². The number of carbonyl (C=O) groups excluding carboxylic acids is 1. The smallest absolute Gasteiger partial charge is 0.243 e. The average molecular weight is 452 g/mol. The van der Waals surface area contributed by atoms with Crippen LogP contribution in [0.1, 0.15) is 12.8 Å². The maximum Gasteiger partial charge on any atom is 0.243 e. The van der Waals surface area contributed by atoms with Crippen molar-refractivity contribution in [1.29, 1.82) is 0 Å². The molecule has 0 saturated carbocycles. The molecule has 2 fully saturated rings. The molecule has 3 heterocycles. The van der Waals surface area contributed by atoms with E-state index >= 15 is 0 Å². The fourth-order valence-corrected chi connectivity index (χ4v) is 5.81. The fraction of sp³-hybridized carbons (Fsp3) is 0.526. The molecule has 1 aromatic heterocycles. The number of nitrogens with zero attached hydrogens (tertiary/aromatic N) is 5. The van der Waals surface area contributed by atoms with Gasteiger partial charge in [-0.2, -0.15) is 4.31 Å².